The van der Waals surface area contributed by atoms with E-state index in [1.54, 1.807) is 0 Å². The Morgan fingerprint density at radius 2 is 1.21 bits per heavy atom. The molecule has 3 atom stereocenters. The lowest BCUT2D eigenvalue weighted by molar-refractivity contribution is 0.443. The van der Waals surface area contributed by atoms with Gasteiger partial charge in [-0.2, -0.15) is 0 Å². The highest BCUT2D eigenvalue weighted by Crippen LogP contribution is 2.55. The SMILES string of the molecule is CCCCCCP(=O)(O)CC(CCCC)P(=O)(O)CCCCCC. The predicted molar refractivity (Wildman–Crippen MR) is 106 cm³/mol. The highest BCUT2D eigenvalue weighted by molar-refractivity contribution is 7.62. The summed E-state index contributed by atoms with van der Waals surface area (Å²) in [5.74, 6) is 0. The summed E-state index contributed by atoms with van der Waals surface area (Å²) in [6, 6.07) is 0. The molecule has 0 aromatic heterocycles. The Balaban J connectivity index is 4.66. The van der Waals surface area contributed by atoms with Gasteiger partial charge in [0.1, 0.15) is 0 Å². The maximum Gasteiger partial charge on any atom is 0.204 e. The lowest BCUT2D eigenvalue weighted by atomic mass is 10.2. The van der Waals surface area contributed by atoms with E-state index in [1.165, 1.54) is 0 Å². The van der Waals surface area contributed by atoms with E-state index in [1.807, 2.05) is 6.92 Å². The summed E-state index contributed by atoms with van der Waals surface area (Å²) in [6.45, 7) is 6.27. The van der Waals surface area contributed by atoms with Crippen LogP contribution in [0.1, 0.15) is 91.4 Å². The molecule has 0 bridgehead atoms. The van der Waals surface area contributed by atoms with Crippen molar-refractivity contribution in [2.45, 2.75) is 97.1 Å². The summed E-state index contributed by atoms with van der Waals surface area (Å²) in [5.41, 5.74) is -0.499. The highest BCUT2D eigenvalue weighted by atomic mass is 31.2. The van der Waals surface area contributed by atoms with Crippen LogP contribution in [-0.2, 0) is 9.13 Å². The van der Waals surface area contributed by atoms with Crippen LogP contribution in [0, 0.1) is 0 Å². The zero-order valence-electron chi connectivity index (χ0n) is 16.1. The molecule has 2 N–H and O–H groups in total. The van der Waals surface area contributed by atoms with Gasteiger partial charge >= 0.3 is 0 Å². The average molecular weight is 382 g/mol. The van der Waals surface area contributed by atoms with Crippen molar-refractivity contribution < 1.29 is 18.9 Å². The minimum atomic E-state index is -3.35. The van der Waals surface area contributed by atoms with Gasteiger partial charge in [-0.05, 0) is 19.3 Å². The zero-order chi connectivity index (χ0) is 18.5. The summed E-state index contributed by atoms with van der Waals surface area (Å²) in [6.07, 6.45) is 10.8. The van der Waals surface area contributed by atoms with Crippen LogP contribution < -0.4 is 0 Å². The first-order chi connectivity index (χ1) is 11.3. The molecule has 0 fully saturated rings. The molecule has 0 radical (unpaired) electrons. The molecule has 0 aliphatic rings. The van der Waals surface area contributed by atoms with Crippen LogP contribution in [0.25, 0.3) is 0 Å². The molecule has 4 nitrogen and oxygen atoms in total. The molecule has 0 heterocycles. The van der Waals surface area contributed by atoms with Crippen molar-refractivity contribution in [3.05, 3.63) is 0 Å². The third kappa shape index (κ3) is 11.9. The van der Waals surface area contributed by atoms with E-state index < -0.39 is 20.4 Å². The molecule has 0 aliphatic heterocycles. The molecule has 0 rings (SSSR count). The van der Waals surface area contributed by atoms with Gasteiger partial charge in [0, 0.05) is 24.1 Å². The second-order valence-corrected chi connectivity index (χ2v) is 12.3. The topological polar surface area (TPSA) is 74.6 Å². The van der Waals surface area contributed by atoms with Gasteiger partial charge in [-0.1, -0.05) is 72.1 Å². The van der Waals surface area contributed by atoms with Crippen molar-refractivity contribution in [1.82, 2.24) is 0 Å². The molecule has 24 heavy (non-hydrogen) atoms. The van der Waals surface area contributed by atoms with E-state index in [9.17, 15) is 18.9 Å². The molecule has 0 saturated carbocycles. The van der Waals surface area contributed by atoms with Gasteiger partial charge in [0.05, 0.1) is 0 Å². The Morgan fingerprint density at radius 1 is 0.708 bits per heavy atom. The van der Waals surface area contributed by atoms with Gasteiger partial charge in [-0.25, -0.2) is 0 Å². The second kappa shape index (κ2) is 13.6. The standard InChI is InChI=1S/C18H40O4P2/c1-4-7-10-12-15-23(19,20)17-18(14-9-6-3)24(21,22)16-13-11-8-5-2/h18H,4-17H2,1-3H3,(H,19,20)(H,21,22). The van der Waals surface area contributed by atoms with Crippen LogP contribution in [0.2, 0.25) is 0 Å². The van der Waals surface area contributed by atoms with Gasteiger partial charge in [-0.15, -0.1) is 0 Å². The Morgan fingerprint density at radius 3 is 1.71 bits per heavy atom. The maximum atomic E-state index is 12.8. The Kier molecular flexibility index (Phi) is 13.8. The maximum absolute atomic E-state index is 12.8. The van der Waals surface area contributed by atoms with Crippen molar-refractivity contribution in [2.24, 2.45) is 0 Å². The summed E-state index contributed by atoms with van der Waals surface area (Å²) in [7, 11) is -6.65. The summed E-state index contributed by atoms with van der Waals surface area (Å²) >= 11 is 0. The summed E-state index contributed by atoms with van der Waals surface area (Å²) in [5, 5.41) is 0. The Labute approximate surface area is 149 Å². The molecular formula is C18H40O4P2. The molecule has 3 unspecified atom stereocenters. The fourth-order valence-electron chi connectivity index (χ4n) is 3.01. The fourth-order valence-corrected chi connectivity index (χ4v) is 8.17. The van der Waals surface area contributed by atoms with Gasteiger partial charge in [0.15, 0.2) is 0 Å². The summed E-state index contributed by atoms with van der Waals surface area (Å²) < 4.78 is 25.3. The fraction of sp³-hybridized carbons (Fsp3) is 1.00. The third-order valence-corrected chi connectivity index (χ3v) is 9.50. The zero-order valence-corrected chi connectivity index (χ0v) is 17.9. The molecule has 0 aliphatic carbocycles. The lowest BCUT2D eigenvalue weighted by Gasteiger charge is -2.25. The normalized spacial score (nSPS) is 18.0. The smallest absolute Gasteiger partial charge is 0.204 e. The van der Waals surface area contributed by atoms with Crippen LogP contribution in [-0.4, -0.2) is 33.9 Å². The number of rotatable bonds is 16. The quantitative estimate of drug-likeness (QED) is 0.244. The number of hydrogen-bond donors (Lipinski definition) is 2. The van der Waals surface area contributed by atoms with E-state index in [-0.39, 0.29) is 6.16 Å². The van der Waals surface area contributed by atoms with E-state index in [0.717, 1.165) is 64.2 Å². The second-order valence-electron chi connectivity index (χ2n) is 7.15. The van der Waals surface area contributed by atoms with Crippen molar-refractivity contribution in [3.8, 4) is 0 Å². The Bertz CT molecular complexity index is 398. The molecule has 0 aromatic carbocycles. The van der Waals surface area contributed by atoms with Crippen LogP contribution in [0.5, 0.6) is 0 Å². The molecular weight excluding hydrogens is 342 g/mol. The van der Waals surface area contributed by atoms with Crippen molar-refractivity contribution in [3.63, 3.8) is 0 Å². The first kappa shape index (κ1) is 24.4. The lowest BCUT2D eigenvalue weighted by Crippen LogP contribution is -2.17. The van der Waals surface area contributed by atoms with E-state index >= 15 is 0 Å². The predicted octanol–water partition coefficient (Wildman–Crippen LogP) is 6.25. The van der Waals surface area contributed by atoms with Gasteiger partial charge in [-0.3, -0.25) is 9.13 Å². The third-order valence-electron chi connectivity index (χ3n) is 4.65. The van der Waals surface area contributed by atoms with Crippen molar-refractivity contribution in [1.29, 1.82) is 0 Å². The number of unbranched alkanes of at least 4 members (excludes halogenated alkanes) is 7. The van der Waals surface area contributed by atoms with Crippen LogP contribution in [0.15, 0.2) is 0 Å². The molecule has 0 spiro atoms. The molecule has 146 valence electrons. The minimum absolute atomic E-state index is 0.0285. The first-order valence-corrected chi connectivity index (χ1v) is 13.9. The van der Waals surface area contributed by atoms with Crippen LogP contribution in [0.4, 0.5) is 0 Å². The van der Waals surface area contributed by atoms with Gasteiger partial charge in [0.25, 0.3) is 0 Å². The van der Waals surface area contributed by atoms with Crippen molar-refractivity contribution in [2.75, 3.05) is 18.5 Å². The van der Waals surface area contributed by atoms with Crippen molar-refractivity contribution >= 4 is 14.7 Å². The summed E-state index contributed by atoms with van der Waals surface area (Å²) in [4.78, 5) is 20.8. The van der Waals surface area contributed by atoms with E-state index in [4.69, 9.17) is 0 Å². The molecule has 6 heteroatoms. The highest BCUT2D eigenvalue weighted by Gasteiger charge is 2.35. The monoisotopic (exact) mass is 382 g/mol. The van der Waals surface area contributed by atoms with Gasteiger partial charge in [0.2, 0.25) is 14.7 Å². The molecule has 0 amide bonds. The van der Waals surface area contributed by atoms with Crippen LogP contribution >= 0.6 is 14.7 Å². The number of hydrogen-bond acceptors (Lipinski definition) is 2. The van der Waals surface area contributed by atoms with E-state index in [0.29, 0.717) is 18.7 Å². The van der Waals surface area contributed by atoms with E-state index in [2.05, 4.69) is 13.8 Å². The first-order valence-electron chi connectivity index (χ1n) is 9.91. The Hall–Kier alpha value is 0.380. The minimum Gasteiger partial charge on any atom is -0.344 e. The largest absolute Gasteiger partial charge is 0.344 e. The van der Waals surface area contributed by atoms with Gasteiger partial charge < -0.3 is 9.79 Å². The van der Waals surface area contributed by atoms with Crippen LogP contribution in [0.3, 0.4) is 0 Å². The molecule has 0 saturated heterocycles. The molecule has 0 aromatic rings. The average Bonchev–Trinajstić information content (AvgIpc) is 2.52.